The number of benzene rings is 1. The maximum absolute atomic E-state index is 11.0. The third kappa shape index (κ3) is 4.65. The minimum atomic E-state index is -0.931. The van der Waals surface area contributed by atoms with Crippen LogP contribution in [0.3, 0.4) is 0 Å². The molecule has 0 amide bonds. The van der Waals surface area contributed by atoms with Gasteiger partial charge in [-0.05, 0) is 30.5 Å². The summed E-state index contributed by atoms with van der Waals surface area (Å²) in [6.45, 7) is 5.18. The van der Waals surface area contributed by atoms with Crippen LogP contribution in [-0.4, -0.2) is 17.6 Å². The number of carboxylic acid groups (broad SMARTS) is 1. The molecule has 0 aliphatic carbocycles. The highest BCUT2D eigenvalue weighted by Crippen LogP contribution is 2.19. The highest BCUT2D eigenvalue weighted by atomic mass is 16.4. The molecule has 0 saturated carbocycles. The van der Waals surface area contributed by atoms with Gasteiger partial charge in [-0.3, -0.25) is 0 Å². The zero-order valence-electron chi connectivity index (χ0n) is 11.1. The Balaban J connectivity index is 2.50. The molecular formula is C14H22N2O2. The number of rotatable bonds is 7. The van der Waals surface area contributed by atoms with E-state index in [9.17, 15) is 4.79 Å². The standard InChI is InChI=1S/C14H22N2O2/c1-10(2)5-3-4-8-16-13-9-11(15)6-7-12(13)14(17)18/h6-7,9-10,16H,3-5,8,15H2,1-2H3,(H,17,18). The summed E-state index contributed by atoms with van der Waals surface area (Å²) in [6.07, 6.45) is 3.38. The maximum atomic E-state index is 11.0. The molecule has 4 N–H and O–H groups in total. The average Bonchev–Trinajstić information content (AvgIpc) is 2.27. The van der Waals surface area contributed by atoms with E-state index in [1.54, 1.807) is 12.1 Å². The highest BCUT2D eigenvalue weighted by molar-refractivity contribution is 5.95. The van der Waals surface area contributed by atoms with Crippen molar-refractivity contribution in [3.05, 3.63) is 23.8 Å². The Hall–Kier alpha value is -1.71. The predicted molar refractivity (Wildman–Crippen MR) is 75.0 cm³/mol. The van der Waals surface area contributed by atoms with E-state index in [0.29, 0.717) is 17.3 Å². The molecule has 1 aromatic carbocycles. The van der Waals surface area contributed by atoms with Crippen LogP contribution >= 0.6 is 0 Å². The monoisotopic (exact) mass is 250 g/mol. The number of anilines is 2. The number of aromatic carboxylic acids is 1. The van der Waals surface area contributed by atoms with Crippen LogP contribution in [0.5, 0.6) is 0 Å². The van der Waals surface area contributed by atoms with E-state index in [4.69, 9.17) is 10.8 Å². The van der Waals surface area contributed by atoms with Crippen LogP contribution in [-0.2, 0) is 0 Å². The first-order valence-electron chi connectivity index (χ1n) is 6.37. The Kier molecular flexibility index (Phi) is 5.49. The molecule has 0 saturated heterocycles. The van der Waals surface area contributed by atoms with Gasteiger partial charge in [0.2, 0.25) is 0 Å². The van der Waals surface area contributed by atoms with E-state index >= 15 is 0 Å². The minimum Gasteiger partial charge on any atom is -0.478 e. The Labute approximate surface area is 108 Å². The largest absolute Gasteiger partial charge is 0.478 e. The number of unbranched alkanes of at least 4 members (excludes halogenated alkanes) is 1. The smallest absolute Gasteiger partial charge is 0.337 e. The molecule has 4 nitrogen and oxygen atoms in total. The molecule has 100 valence electrons. The molecule has 0 heterocycles. The van der Waals surface area contributed by atoms with E-state index in [1.807, 2.05) is 0 Å². The summed E-state index contributed by atoms with van der Waals surface area (Å²) < 4.78 is 0. The van der Waals surface area contributed by atoms with E-state index in [2.05, 4.69) is 19.2 Å². The van der Waals surface area contributed by atoms with Crippen molar-refractivity contribution >= 4 is 17.3 Å². The molecule has 0 unspecified atom stereocenters. The quantitative estimate of drug-likeness (QED) is 0.513. The summed E-state index contributed by atoms with van der Waals surface area (Å²) in [6, 6.07) is 4.81. The molecule has 0 spiro atoms. The molecule has 0 aliphatic heterocycles. The lowest BCUT2D eigenvalue weighted by molar-refractivity contribution is 0.0698. The molecule has 4 heteroatoms. The van der Waals surface area contributed by atoms with E-state index < -0.39 is 5.97 Å². The lowest BCUT2D eigenvalue weighted by Gasteiger charge is -2.11. The number of carbonyl (C=O) groups is 1. The Morgan fingerprint density at radius 3 is 2.72 bits per heavy atom. The van der Waals surface area contributed by atoms with Crippen LogP contribution in [0.25, 0.3) is 0 Å². The molecule has 0 aliphatic rings. The van der Waals surface area contributed by atoms with Gasteiger partial charge in [0.25, 0.3) is 0 Å². The number of hydrogen-bond acceptors (Lipinski definition) is 3. The molecule has 0 fully saturated rings. The van der Waals surface area contributed by atoms with Crippen molar-refractivity contribution in [3.8, 4) is 0 Å². The van der Waals surface area contributed by atoms with E-state index in [1.165, 1.54) is 12.5 Å². The number of nitrogens with two attached hydrogens (primary N) is 1. The van der Waals surface area contributed by atoms with Crippen LogP contribution in [0.15, 0.2) is 18.2 Å². The molecule has 0 aromatic heterocycles. The second-order valence-corrected chi connectivity index (χ2v) is 4.93. The van der Waals surface area contributed by atoms with Crippen molar-refractivity contribution in [2.45, 2.75) is 33.1 Å². The minimum absolute atomic E-state index is 0.271. The lowest BCUT2D eigenvalue weighted by atomic mass is 10.1. The highest BCUT2D eigenvalue weighted by Gasteiger charge is 2.09. The summed E-state index contributed by atoms with van der Waals surface area (Å²) >= 11 is 0. The summed E-state index contributed by atoms with van der Waals surface area (Å²) in [5, 5.41) is 12.2. The van der Waals surface area contributed by atoms with Crippen molar-refractivity contribution in [1.82, 2.24) is 0 Å². The predicted octanol–water partition coefficient (Wildman–Crippen LogP) is 3.21. The number of nitrogens with one attached hydrogen (secondary N) is 1. The molecule has 18 heavy (non-hydrogen) atoms. The summed E-state index contributed by atoms with van der Waals surface area (Å²) in [7, 11) is 0. The number of hydrogen-bond donors (Lipinski definition) is 3. The Morgan fingerprint density at radius 1 is 1.39 bits per heavy atom. The second kappa shape index (κ2) is 6.89. The fourth-order valence-electron chi connectivity index (χ4n) is 1.80. The van der Waals surface area contributed by atoms with Gasteiger partial charge in [-0.15, -0.1) is 0 Å². The topological polar surface area (TPSA) is 75.3 Å². The third-order valence-corrected chi connectivity index (χ3v) is 2.80. The van der Waals surface area contributed by atoms with E-state index in [-0.39, 0.29) is 5.56 Å². The maximum Gasteiger partial charge on any atom is 0.337 e. The van der Waals surface area contributed by atoms with Gasteiger partial charge in [0.15, 0.2) is 0 Å². The fourth-order valence-corrected chi connectivity index (χ4v) is 1.80. The Morgan fingerprint density at radius 2 is 2.11 bits per heavy atom. The van der Waals surface area contributed by atoms with Gasteiger partial charge in [-0.1, -0.05) is 26.7 Å². The molecule has 1 aromatic rings. The van der Waals surface area contributed by atoms with Crippen LogP contribution in [0.4, 0.5) is 11.4 Å². The first kappa shape index (κ1) is 14.4. The van der Waals surface area contributed by atoms with Crippen molar-refractivity contribution in [2.24, 2.45) is 5.92 Å². The lowest BCUT2D eigenvalue weighted by Crippen LogP contribution is -2.08. The summed E-state index contributed by atoms with van der Waals surface area (Å²) in [5.74, 6) is -0.216. The molecule has 0 radical (unpaired) electrons. The van der Waals surface area contributed by atoms with Crippen LogP contribution in [0.2, 0.25) is 0 Å². The van der Waals surface area contributed by atoms with Gasteiger partial charge in [-0.2, -0.15) is 0 Å². The summed E-state index contributed by atoms with van der Waals surface area (Å²) in [5.41, 5.74) is 7.11. The van der Waals surface area contributed by atoms with Gasteiger partial charge in [0, 0.05) is 12.2 Å². The molecular weight excluding hydrogens is 228 g/mol. The zero-order chi connectivity index (χ0) is 13.5. The van der Waals surface area contributed by atoms with E-state index in [0.717, 1.165) is 19.4 Å². The first-order valence-corrected chi connectivity index (χ1v) is 6.37. The summed E-state index contributed by atoms with van der Waals surface area (Å²) in [4.78, 5) is 11.0. The normalized spacial score (nSPS) is 10.6. The van der Waals surface area contributed by atoms with Gasteiger partial charge >= 0.3 is 5.97 Å². The third-order valence-electron chi connectivity index (χ3n) is 2.80. The van der Waals surface area contributed by atoms with Crippen molar-refractivity contribution < 1.29 is 9.90 Å². The van der Waals surface area contributed by atoms with Crippen molar-refractivity contribution in [1.29, 1.82) is 0 Å². The van der Waals surface area contributed by atoms with Gasteiger partial charge < -0.3 is 16.2 Å². The first-order chi connectivity index (χ1) is 8.50. The van der Waals surface area contributed by atoms with Gasteiger partial charge in [0.05, 0.1) is 11.3 Å². The zero-order valence-corrected chi connectivity index (χ0v) is 11.1. The average molecular weight is 250 g/mol. The van der Waals surface area contributed by atoms with Gasteiger partial charge in [0.1, 0.15) is 0 Å². The number of carboxylic acids is 1. The fraction of sp³-hybridized carbons (Fsp3) is 0.500. The van der Waals surface area contributed by atoms with Crippen LogP contribution in [0.1, 0.15) is 43.5 Å². The van der Waals surface area contributed by atoms with Crippen LogP contribution in [0, 0.1) is 5.92 Å². The van der Waals surface area contributed by atoms with Crippen LogP contribution < -0.4 is 11.1 Å². The molecule has 1 rings (SSSR count). The van der Waals surface area contributed by atoms with Crippen molar-refractivity contribution in [3.63, 3.8) is 0 Å². The molecule has 0 bridgehead atoms. The second-order valence-electron chi connectivity index (χ2n) is 4.93. The number of nitrogen functional groups attached to an aromatic ring is 1. The van der Waals surface area contributed by atoms with Crippen molar-refractivity contribution in [2.75, 3.05) is 17.6 Å². The Bertz CT molecular complexity index is 403. The molecule has 0 atom stereocenters. The SMILES string of the molecule is CC(C)CCCCNc1cc(N)ccc1C(=O)O. The van der Waals surface area contributed by atoms with Gasteiger partial charge in [-0.25, -0.2) is 4.79 Å².